The summed E-state index contributed by atoms with van der Waals surface area (Å²) in [6.45, 7) is 2.32. The van der Waals surface area contributed by atoms with E-state index in [0.29, 0.717) is 12.1 Å². The van der Waals surface area contributed by atoms with Gasteiger partial charge >= 0.3 is 0 Å². The maximum Gasteiger partial charge on any atom is 0.0475 e. The maximum absolute atomic E-state index is 3.56. The van der Waals surface area contributed by atoms with Crippen molar-refractivity contribution in [3.63, 3.8) is 0 Å². The fourth-order valence-corrected chi connectivity index (χ4v) is 3.94. The van der Waals surface area contributed by atoms with E-state index in [0.717, 1.165) is 6.04 Å². The van der Waals surface area contributed by atoms with Crippen molar-refractivity contribution in [2.24, 2.45) is 0 Å². The van der Waals surface area contributed by atoms with E-state index in [2.05, 4.69) is 61.6 Å². The zero-order valence-corrected chi connectivity index (χ0v) is 14.0. The summed E-state index contributed by atoms with van der Waals surface area (Å²) in [6, 6.07) is 12.7. The molecule has 1 fully saturated rings. The normalized spacial score (nSPS) is 20.2. The summed E-state index contributed by atoms with van der Waals surface area (Å²) in [7, 11) is 4.44. The number of benzene rings is 1. The van der Waals surface area contributed by atoms with Gasteiger partial charge in [-0.15, -0.1) is 0 Å². The molecular formula is C19H32N2. The van der Waals surface area contributed by atoms with E-state index in [-0.39, 0.29) is 0 Å². The van der Waals surface area contributed by atoms with Crippen molar-refractivity contribution in [1.29, 1.82) is 0 Å². The number of rotatable bonds is 6. The van der Waals surface area contributed by atoms with Gasteiger partial charge in [-0.05, 0) is 38.9 Å². The van der Waals surface area contributed by atoms with Crippen molar-refractivity contribution in [2.75, 3.05) is 14.1 Å². The first-order chi connectivity index (χ1) is 10.3. The van der Waals surface area contributed by atoms with Crippen LogP contribution in [0.4, 0.5) is 0 Å². The summed E-state index contributed by atoms with van der Waals surface area (Å²) >= 11 is 0. The Hall–Kier alpha value is -0.860. The quantitative estimate of drug-likeness (QED) is 0.781. The lowest BCUT2D eigenvalue weighted by molar-refractivity contribution is 0.124. The Balaban J connectivity index is 2.12. The molecule has 1 N–H and O–H groups in total. The van der Waals surface area contributed by atoms with Gasteiger partial charge in [0, 0.05) is 18.1 Å². The number of nitrogens with zero attached hydrogens (tertiary/aromatic N) is 1. The van der Waals surface area contributed by atoms with E-state index in [9.17, 15) is 0 Å². The molecule has 2 heteroatoms. The molecule has 0 heterocycles. The van der Waals surface area contributed by atoms with Crippen molar-refractivity contribution >= 4 is 0 Å². The SMILES string of the molecule is CCC(C(NC)c1ccccc1)N(C)C1CCCCCC1. The van der Waals surface area contributed by atoms with Crippen LogP contribution in [0.2, 0.25) is 0 Å². The standard InChI is InChI=1S/C19H32N2/c1-4-18(19(20-2)16-12-8-7-9-13-16)21(3)17-14-10-5-6-11-15-17/h7-9,12-13,17-20H,4-6,10-11,14-15H2,1-3H3. The molecule has 2 nitrogen and oxygen atoms in total. The predicted molar refractivity (Wildman–Crippen MR) is 91.6 cm³/mol. The first-order valence-electron chi connectivity index (χ1n) is 8.72. The highest BCUT2D eigenvalue weighted by molar-refractivity contribution is 5.20. The van der Waals surface area contributed by atoms with Crippen molar-refractivity contribution < 1.29 is 0 Å². The minimum absolute atomic E-state index is 0.421. The molecule has 0 bridgehead atoms. The van der Waals surface area contributed by atoms with Gasteiger partial charge < -0.3 is 5.32 Å². The van der Waals surface area contributed by atoms with E-state index in [1.54, 1.807) is 0 Å². The van der Waals surface area contributed by atoms with Crippen LogP contribution in [0, 0.1) is 0 Å². The van der Waals surface area contributed by atoms with Crippen molar-refractivity contribution in [3.8, 4) is 0 Å². The van der Waals surface area contributed by atoms with E-state index >= 15 is 0 Å². The molecule has 0 aliphatic heterocycles. The van der Waals surface area contributed by atoms with Crippen LogP contribution in [0.3, 0.4) is 0 Å². The van der Waals surface area contributed by atoms with Crippen LogP contribution in [-0.4, -0.2) is 31.1 Å². The fourth-order valence-electron chi connectivity index (χ4n) is 3.94. The third-order valence-corrected chi connectivity index (χ3v) is 5.20. The number of nitrogens with one attached hydrogen (secondary N) is 1. The van der Waals surface area contributed by atoms with Crippen molar-refractivity contribution in [3.05, 3.63) is 35.9 Å². The Morgan fingerprint density at radius 1 is 1.10 bits per heavy atom. The Bertz CT molecular complexity index is 382. The molecule has 0 amide bonds. The topological polar surface area (TPSA) is 15.3 Å². The summed E-state index contributed by atoms with van der Waals surface area (Å²) in [5, 5.41) is 3.56. The summed E-state index contributed by atoms with van der Waals surface area (Å²) < 4.78 is 0. The Morgan fingerprint density at radius 3 is 2.24 bits per heavy atom. The number of hydrogen-bond acceptors (Lipinski definition) is 2. The van der Waals surface area contributed by atoms with Crippen molar-refractivity contribution in [2.45, 2.75) is 70.0 Å². The van der Waals surface area contributed by atoms with Crippen LogP contribution in [0.5, 0.6) is 0 Å². The Labute approximate surface area is 130 Å². The highest BCUT2D eigenvalue weighted by atomic mass is 15.2. The first-order valence-corrected chi connectivity index (χ1v) is 8.72. The number of hydrogen-bond donors (Lipinski definition) is 1. The van der Waals surface area contributed by atoms with Crippen LogP contribution >= 0.6 is 0 Å². The monoisotopic (exact) mass is 288 g/mol. The van der Waals surface area contributed by atoms with Gasteiger partial charge in [0.15, 0.2) is 0 Å². The highest BCUT2D eigenvalue weighted by Crippen LogP contribution is 2.28. The predicted octanol–water partition coefficient (Wildman–Crippen LogP) is 4.38. The summed E-state index contributed by atoms with van der Waals surface area (Å²) in [6.07, 6.45) is 9.59. The smallest absolute Gasteiger partial charge is 0.0475 e. The Kier molecular flexibility index (Phi) is 6.72. The van der Waals surface area contributed by atoms with Gasteiger partial charge in [0.25, 0.3) is 0 Å². The molecule has 1 aromatic carbocycles. The molecule has 1 aliphatic carbocycles. The molecular weight excluding hydrogens is 256 g/mol. The second-order valence-corrected chi connectivity index (χ2v) is 6.46. The summed E-state index contributed by atoms with van der Waals surface area (Å²) in [5.74, 6) is 0. The zero-order valence-electron chi connectivity index (χ0n) is 14.0. The number of likely N-dealkylation sites (N-methyl/N-ethyl adjacent to an activating group) is 2. The summed E-state index contributed by atoms with van der Waals surface area (Å²) in [4.78, 5) is 2.67. The molecule has 2 atom stereocenters. The molecule has 0 aromatic heterocycles. The second-order valence-electron chi connectivity index (χ2n) is 6.46. The molecule has 1 aliphatic rings. The molecule has 0 saturated heterocycles. The van der Waals surface area contributed by atoms with Crippen LogP contribution in [-0.2, 0) is 0 Å². The minimum Gasteiger partial charge on any atom is -0.312 e. The fraction of sp³-hybridized carbons (Fsp3) is 0.684. The van der Waals surface area contributed by atoms with E-state index in [1.165, 1.54) is 50.5 Å². The van der Waals surface area contributed by atoms with Gasteiger partial charge in [0.2, 0.25) is 0 Å². The van der Waals surface area contributed by atoms with E-state index in [1.807, 2.05) is 0 Å². The van der Waals surface area contributed by atoms with Gasteiger partial charge in [-0.2, -0.15) is 0 Å². The molecule has 0 radical (unpaired) electrons. The molecule has 1 aromatic rings. The van der Waals surface area contributed by atoms with Crippen LogP contribution in [0.15, 0.2) is 30.3 Å². The first kappa shape index (κ1) is 16.5. The van der Waals surface area contributed by atoms with Crippen LogP contribution < -0.4 is 5.32 Å². The van der Waals surface area contributed by atoms with E-state index < -0.39 is 0 Å². The molecule has 2 unspecified atom stereocenters. The van der Waals surface area contributed by atoms with Gasteiger partial charge in [-0.25, -0.2) is 0 Å². The maximum atomic E-state index is 3.56. The largest absolute Gasteiger partial charge is 0.312 e. The average Bonchev–Trinajstić information content (AvgIpc) is 2.82. The third-order valence-electron chi connectivity index (χ3n) is 5.20. The van der Waals surface area contributed by atoms with Crippen LogP contribution in [0.25, 0.3) is 0 Å². The highest BCUT2D eigenvalue weighted by Gasteiger charge is 2.28. The minimum atomic E-state index is 0.421. The summed E-state index contributed by atoms with van der Waals surface area (Å²) in [5.41, 5.74) is 1.41. The molecule has 1 saturated carbocycles. The third kappa shape index (κ3) is 4.31. The van der Waals surface area contributed by atoms with E-state index in [4.69, 9.17) is 0 Å². The average molecular weight is 288 g/mol. The van der Waals surface area contributed by atoms with Crippen LogP contribution in [0.1, 0.15) is 63.5 Å². The molecule has 2 rings (SSSR count). The lowest BCUT2D eigenvalue weighted by atomic mass is 9.94. The molecule has 118 valence electrons. The lowest BCUT2D eigenvalue weighted by Gasteiger charge is -2.39. The van der Waals surface area contributed by atoms with Gasteiger partial charge in [0.1, 0.15) is 0 Å². The molecule has 0 spiro atoms. The van der Waals surface area contributed by atoms with Gasteiger partial charge in [-0.1, -0.05) is 62.9 Å². The second kappa shape index (κ2) is 8.55. The molecule has 21 heavy (non-hydrogen) atoms. The van der Waals surface area contributed by atoms with Gasteiger partial charge in [-0.3, -0.25) is 4.90 Å². The zero-order chi connectivity index (χ0) is 15.1. The Morgan fingerprint density at radius 2 is 1.71 bits per heavy atom. The lowest BCUT2D eigenvalue weighted by Crippen LogP contribution is -2.46. The van der Waals surface area contributed by atoms with Gasteiger partial charge in [0.05, 0.1) is 0 Å². The van der Waals surface area contributed by atoms with Crippen molar-refractivity contribution in [1.82, 2.24) is 10.2 Å².